The Balaban J connectivity index is 1.59. The first kappa shape index (κ1) is 19.6. The lowest BCUT2D eigenvalue weighted by molar-refractivity contribution is 1.01. The Labute approximate surface area is 215 Å². The number of hydrogen-bond donors (Lipinski definition) is 0. The predicted molar refractivity (Wildman–Crippen MR) is 153 cm³/mol. The Morgan fingerprint density at radius 1 is 0.605 bits per heavy atom. The maximum absolute atomic E-state index is 7.80. The van der Waals surface area contributed by atoms with Crippen molar-refractivity contribution in [1.82, 2.24) is 23.9 Å². The van der Waals surface area contributed by atoms with E-state index in [2.05, 4.69) is 91.6 Å². The molecule has 0 spiro atoms. The molecule has 0 radical (unpaired) electrons. The average molecular weight is 485 g/mol. The molecule has 0 fully saturated rings. The fraction of sp³-hybridized carbons (Fsp3) is 0. The summed E-state index contributed by atoms with van der Waals surface area (Å²) >= 11 is 0. The van der Waals surface area contributed by atoms with E-state index in [1.807, 2.05) is 18.2 Å². The smallest absolute Gasteiger partial charge is 0.333 e. The second-order valence-corrected chi connectivity index (χ2v) is 9.60. The Hall–Kier alpha value is -5.54. The average Bonchev–Trinajstić information content (AvgIpc) is 3.60. The van der Waals surface area contributed by atoms with Crippen LogP contribution in [-0.2, 0) is 0 Å². The largest absolute Gasteiger partial charge is 0.360 e. The van der Waals surface area contributed by atoms with Gasteiger partial charge in [-0.1, -0.05) is 72.2 Å². The number of aromatic nitrogens is 5. The van der Waals surface area contributed by atoms with Gasteiger partial charge in [0, 0.05) is 43.9 Å². The van der Waals surface area contributed by atoms with Crippen molar-refractivity contribution in [1.29, 1.82) is 0 Å². The number of fused-ring (bicyclic) bond motifs is 11. The van der Waals surface area contributed by atoms with Crippen LogP contribution in [-0.4, -0.2) is 23.9 Å². The summed E-state index contributed by atoms with van der Waals surface area (Å²) < 4.78 is 4.49. The van der Waals surface area contributed by atoms with Crippen LogP contribution in [0.15, 0.2) is 97.2 Å². The lowest BCUT2D eigenvalue weighted by Crippen LogP contribution is -2.02. The molecule has 5 heterocycles. The van der Waals surface area contributed by atoms with Crippen LogP contribution in [0.5, 0.6) is 0 Å². The summed E-state index contributed by atoms with van der Waals surface area (Å²) in [4.78, 5) is 17.8. The van der Waals surface area contributed by atoms with E-state index in [0.29, 0.717) is 22.8 Å². The second-order valence-electron chi connectivity index (χ2n) is 9.60. The van der Waals surface area contributed by atoms with Gasteiger partial charge in [-0.2, -0.15) is 4.98 Å². The molecule has 0 N–H and O–H groups in total. The Morgan fingerprint density at radius 2 is 1.26 bits per heavy atom. The van der Waals surface area contributed by atoms with E-state index in [9.17, 15) is 0 Å². The van der Waals surface area contributed by atoms with Gasteiger partial charge in [0.1, 0.15) is 0 Å². The van der Waals surface area contributed by atoms with Gasteiger partial charge in [0.15, 0.2) is 5.65 Å². The predicted octanol–water partition coefficient (Wildman–Crippen LogP) is 7.82. The lowest BCUT2D eigenvalue weighted by atomic mass is 10.0. The zero-order valence-electron chi connectivity index (χ0n) is 19.9. The number of pyridine rings is 1. The van der Waals surface area contributed by atoms with Crippen molar-refractivity contribution in [3.8, 4) is 5.95 Å². The van der Waals surface area contributed by atoms with Gasteiger partial charge < -0.3 is 9.25 Å². The molecule has 5 aromatic heterocycles. The van der Waals surface area contributed by atoms with E-state index in [4.69, 9.17) is 16.5 Å². The second kappa shape index (κ2) is 6.81. The number of benzene rings is 4. The third kappa shape index (κ3) is 2.25. The molecule has 0 saturated heterocycles. The zero-order valence-corrected chi connectivity index (χ0v) is 19.9. The molecule has 6 heteroatoms. The van der Waals surface area contributed by atoms with E-state index >= 15 is 0 Å². The standard InChI is InChI=1S/C32H16N6/c1-33-30-21-12-8-16-34-31(21)36-32(35-30)38-25-15-7-3-10-19(25)27-26(38)17-22-18-9-2-5-13-23(18)37-24-14-6-4-11-20(24)28(27)29(22)37/h2-17H. The van der Waals surface area contributed by atoms with Crippen LogP contribution in [0.1, 0.15) is 0 Å². The SMILES string of the molecule is [C-]#[N+]c1nc(-n2c3ccccc3c3c4c5ccccc5n5c6ccccc6c(cc32)c45)nc2ncccc12. The van der Waals surface area contributed by atoms with Gasteiger partial charge in [-0.3, -0.25) is 4.57 Å². The molecule has 9 aromatic rings. The molecule has 6 nitrogen and oxygen atoms in total. The minimum absolute atomic E-state index is 0.302. The van der Waals surface area contributed by atoms with Crippen LogP contribution >= 0.6 is 0 Å². The molecule has 4 aromatic carbocycles. The van der Waals surface area contributed by atoms with Gasteiger partial charge >= 0.3 is 5.95 Å². The first-order valence-electron chi connectivity index (χ1n) is 12.4. The Kier molecular flexibility index (Phi) is 3.52. The normalized spacial score (nSPS) is 12.2. The van der Waals surface area contributed by atoms with Gasteiger partial charge in [0.2, 0.25) is 0 Å². The highest BCUT2D eigenvalue weighted by molar-refractivity contribution is 6.35. The highest BCUT2D eigenvalue weighted by atomic mass is 15.2. The molecule has 0 aliphatic heterocycles. The fourth-order valence-corrected chi connectivity index (χ4v) is 6.30. The van der Waals surface area contributed by atoms with E-state index in [1.54, 1.807) is 6.20 Å². The summed E-state index contributed by atoms with van der Waals surface area (Å²) in [5, 5.41) is 7.79. The maximum atomic E-state index is 7.80. The molecule has 0 unspecified atom stereocenters. The Bertz CT molecular complexity index is 2470. The highest BCUT2D eigenvalue weighted by Gasteiger charge is 2.25. The molecule has 0 atom stereocenters. The van der Waals surface area contributed by atoms with Gasteiger partial charge in [-0.15, -0.1) is 0 Å². The first-order chi connectivity index (χ1) is 18.8. The zero-order chi connectivity index (χ0) is 25.0. The van der Waals surface area contributed by atoms with E-state index < -0.39 is 0 Å². The van der Waals surface area contributed by atoms with E-state index in [1.165, 1.54) is 38.1 Å². The number of nitrogens with zero attached hydrogens (tertiary/aromatic N) is 6. The number of rotatable bonds is 1. The minimum atomic E-state index is 0.302. The summed E-state index contributed by atoms with van der Waals surface area (Å²) in [6, 6.07) is 31.5. The molecule has 38 heavy (non-hydrogen) atoms. The van der Waals surface area contributed by atoms with Gasteiger partial charge in [0.25, 0.3) is 5.82 Å². The van der Waals surface area contributed by atoms with Crippen molar-refractivity contribution in [2.24, 2.45) is 0 Å². The van der Waals surface area contributed by atoms with Gasteiger partial charge in [0.05, 0.1) is 27.6 Å². The minimum Gasteiger partial charge on any atom is -0.360 e. The number of para-hydroxylation sites is 3. The number of hydrogen-bond acceptors (Lipinski definition) is 3. The topological polar surface area (TPSA) is 52.4 Å². The first-order valence-corrected chi connectivity index (χ1v) is 12.4. The third-order valence-corrected chi connectivity index (χ3v) is 7.75. The third-order valence-electron chi connectivity index (χ3n) is 7.75. The van der Waals surface area contributed by atoms with Crippen LogP contribution in [0, 0.1) is 6.57 Å². The van der Waals surface area contributed by atoms with Crippen LogP contribution in [0.4, 0.5) is 5.82 Å². The summed E-state index contributed by atoms with van der Waals surface area (Å²) in [6.07, 6.45) is 1.70. The van der Waals surface area contributed by atoms with Crippen molar-refractivity contribution in [3.05, 3.63) is 109 Å². The molecule has 0 saturated carbocycles. The van der Waals surface area contributed by atoms with E-state index in [-0.39, 0.29) is 0 Å². The van der Waals surface area contributed by atoms with Gasteiger partial charge in [-0.25, -0.2) is 4.98 Å². The molecule has 0 bridgehead atoms. The summed E-state index contributed by atoms with van der Waals surface area (Å²) in [6.45, 7) is 7.80. The molecular formula is C32H16N6. The van der Waals surface area contributed by atoms with Crippen LogP contribution < -0.4 is 0 Å². The van der Waals surface area contributed by atoms with Crippen molar-refractivity contribution in [3.63, 3.8) is 0 Å². The maximum Gasteiger partial charge on any atom is 0.333 e. The quantitative estimate of drug-likeness (QED) is 0.223. The van der Waals surface area contributed by atoms with Crippen LogP contribution in [0.25, 0.3) is 81.7 Å². The van der Waals surface area contributed by atoms with Crippen molar-refractivity contribution >= 4 is 76.8 Å². The van der Waals surface area contributed by atoms with E-state index in [0.717, 1.165) is 21.8 Å². The Morgan fingerprint density at radius 3 is 2.05 bits per heavy atom. The monoisotopic (exact) mass is 484 g/mol. The van der Waals surface area contributed by atoms with Crippen molar-refractivity contribution in [2.75, 3.05) is 0 Å². The van der Waals surface area contributed by atoms with Crippen LogP contribution in [0.2, 0.25) is 0 Å². The summed E-state index contributed by atoms with van der Waals surface area (Å²) in [5.74, 6) is 0.756. The molecule has 0 aliphatic rings. The molecular weight excluding hydrogens is 468 g/mol. The summed E-state index contributed by atoms with van der Waals surface area (Å²) in [5.41, 5.74) is 6.14. The molecule has 9 rings (SSSR count). The fourth-order valence-electron chi connectivity index (χ4n) is 6.30. The van der Waals surface area contributed by atoms with Crippen molar-refractivity contribution < 1.29 is 0 Å². The molecule has 0 amide bonds. The highest BCUT2D eigenvalue weighted by Crippen LogP contribution is 2.46. The summed E-state index contributed by atoms with van der Waals surface area (Å²) in [7, 11) is 0. The van der Waals surface area contributed by atoms with Crippen molar-refractivity contribution in [2.45, 2.75) is 0 Å². The molecule has 0 aliphatic carbocycles. The van der Waals surface area contributed by atoms with Gasteiger partial charge in [-0.05, 0) is 30.3 Å². The lowest BCUT2D eigenvalue weighted by Gasteiger charge is -2.06. The molecule has 174 valence electrons. The van der Waals surface area contributed by atoms with Crippen LogP contribution in [0.3, 0.4) is 0 Å².